The predicted octanol–water partition coefficient (Wildman–Crippen LogP) is 2.07. The summed E-state index contributed by atoms with van der Waals surface area (Å²) in [6, 6.07) is 0. The van der Waals surface area contributed by atoms with E-state index in [9.17, 15) is 4.79 Å². The lowest BCUT2D eigenvalue weighted by molar-refractivity contribution is -0.122. The summed E-state index contributed by atoms with van der Waals surface area (Å²) in [5, 5.41) is 6.32. The van der Waals surface area contributed by atoms with E-state index in [1.807, 2.05) is 14.0 Å². The number of carbonyl (C=O) groups excluding carboxylic acids is 1. The monoisotopic (exact) mass is 214 g/mol. The summed E-state index contributed by atoms with van der Waals surface area (Å²) in [6.07, 6.45) is 2.42. The highest BCUT2D eigenvalue weighted by molar-refractivity contribution is 5.76. The smallest absolute Gasteiger partial charge is 0.220 e. The van der Waals surface area contributed by atoms with Gasteiger partial charge in [0.05, 0.1) is 0 Å². The van der Waals surface area contributed by atoms with Gasteiger partial charge in [-0.2, -0.15) is 0 Å². The topological polar surface area (TPSA) is 41.1 Å². The van der Waals surface area contributed by atoms with Crippen molar-refractivity contribution in [1.82, 2.24) is 10.6 Å². The molecule has 0 saturated heterocycles. The van der Waals surface area contributed by atoms with E-state index in [0.717, 1.165) is 12.8 Å². The van der Waals surface area contributed by atoms with Crippen LogP contribution in [0.15, 0.2) is 0 Å². The molecule has 0 bridgehead atoms. The van der Waals surface area contributed by atoms with Crippen LogP contribution in [0, 0.1) is 0 Å². The van der Waals surface area contributed by atoms with E-state index in [0.29, 0.717) is 6.42 Å². The van der Waals surface area contributed by atoms with Gasteiger partial charge in [0.15, 0.2) is 0 Å². The molecular formula is C12H26N2O. The highest BCUT2D eigenvalue weighted by Crippen LogP contribution is 2.19. The molecule has 0 unspecified atom stereocenters. The molecule has 0 aromatic carbocycles. The van der Waals surface area contributed by atoms with Crippen molar-refractivity contribution in [3.8, 4) is 0 Å². The molecule has 0 aliphatic heterocycles. The summed E-state index contributed by atoms with van der Waals surface area (Å²) in [5.41, 5.74) is -0.109. The van der Waals surface area contributed by atoms with Crippen LogP contribution in [0.3, 0.4) is 0 Å². The molecule has 15 heavy (non-hydrogen) atoms. The van der Waals surface area contributed by atoms with Gasteiger partial charge in [-0.25, -0.2) is 0 Å². The van der Waals surface area contributed by atoms with Crippen molar-refractivity contribution < 1.29 is 4.79 Å². The largest absolute Gasteiger partial charge is 0.351 e. The quantitative estimate of drug-likeness (QED) is 0.710. The van der Waals surface area contributed by atoms with Crippen LogP contribution in [0.2, 0.25) is 0 Å². The van der Waals surface area contributed by atoms with Crippen molar-refractivity contribution in [1.29, 1.82) is 0 Å². The van der Waals surface area contributed by atoms with Crippen molar-refractivity contribution in [3.05, 3.63) is 0 Å². The van der Waals surface area contributed by atoms with Crippen LogP contribution in [0.4, 0.5) is 0 Å². The Morgan fingerprint density at radius 3 is 2.07 bits per heavy atom. The van der Waals surface area contributed by atoms with E-state index in [1.54, 1.807) is 0 Å². The zero-order chi connectivity index (χ0) is 12.1. The summed E-state index contributed by atoms with van der Waals surface area (Å²) in [6.45, 7) is 10.4. The summed E-state index contributed by atoms with van der Waals surface area (Å²) in [4.78, 5) is 11.5. The Morgan fingerprint density at radius 2 is 1.67 bits per heavy atom. The van der Waals surface area contributed by atoms with E-state index in [1.165, 1.54) is 0 Å². The third kappa shape index (κ3) is 6.50. The molecular weight excluding hydrogens is 188 g/mol. The van der Waals surface area contributed by atoms with Gasteiger partial charge in [-0.1, -0.05) is 6.92 Å². The van der Waals surface area contributed by atoms with Crippen molar-refractivity contribution in [2.45, 2.75) is 65.0 Å². The van der Waals surface area contributed by atoms with Crippen LogP contribution in [0.5, 0.6) is 0 Å². The third-order valence-electron chi connectivity index (χ3n) is 2.52. The van der Waals surface area contributed by atoms with Gasteiger partial charge in [0.25, 0.3) is 0 Å². The maximum atomic E-state index is 11.5. The van der Waals surface area contributed by atoms with E-state index in [-0.39, 0.29) is 17.0 Å². The van der Waals surface area contributed by atoms with Crippen molar-refractivity contribution in [2.24, 2.45) is 0 Å². The first kappa shape index (κ1) is 14.4. The Morgan fingerprint density at radius 1 is 1.13 bits per heavy atom. The molecule has 0 aliphatic rings. The Labute approximate surface area is 94.0 Å². The van der Waals surface area contributed by atoms with Gasteiger partial charge < -0.3 is 10.6 Å². The van der Waals surface area contributed by atoms with Crippen molar-refractivity contribution >= 4 is 5.91 Å². The number of carbonyl (C=O) groups is 1. The Bertz CT molecular complexity index is 210. The fourth-order valence-electron chi connectivity index (χ4n) is 1.90. The average molecular weight is 214 g/mol. The van der Waals surface area contributed by atoms with E-state index >= 15 is 0 Å². The molecule has 0 aromatic heterocycles. The molecule has 0 radical (unpaired) electrons. The fourth-order valence-corrected chi connectivity index (χ4v) is 1.90. The molecule has 0 heterocycles. The minimum atomic E-state index is -0.154. The highest BCUT2D eigenvalue weighted by atomic mass is 16.1. The van der Waals surface area contributed by atoms with Crippen LogP contribution in [-0.4, -0.2) is 24.0 Å². The Balaban J connectivity index is 4.24. The molecule has 90 valence electrons. The lowest BCUT2D eigenvalue weighted by Crippen LogP contribution is -2.51. The molecule has 0 aromatic rings. The SMILES string of the molecule is CCCC(=O)NC(C)(C)CC(C)(C)NC. The molecule has 3 heteroatoms. The molecule has 1 amide bonds. The fraction of sp³-hybridized carbons (Fsp3) is 0.917. The normalized spacial score (nSPS) is 12.7. The summed E-state index contributed by atoms with van der Waals surface area (Å²) in [7, 11) is 1.95. The van der Waals surface area contributed by atoms with Gasteiger partial charge in [-0.05, 0) is 47.6 Å². The minimum absolute atomic E-state index is 0.0446. The molecule has 0 rings (SSSR count). The molecule has 0 spiro atoms. The second-order valence-electron chi connectivity index (χ2n) is 5.49. The first-order chi connectivity index (χ1) is 6.72. The number of hydrogen-bond acceptors (Lipinski definition) is 2. The Kier molecular flexibility index (Phi) is 5.29. The molecule has 0 aliphatic carbocycles. The van der Waals surface area contributed by atoms with Crippen molar-refractivity contribution in [3.63, 3.8) is 0 Å². The van der Waals surface area contributed by atoms with Crippen LogP contribution in [0.25, 0.3) is 0 Å². The van der Waals surface area contributed by atoms with Crippen LogP contribution < -0.4 is 10.6 Å². The maximum absolute atomic E-state index is 11.5. The second kappa shape index (κ2) is 5.50. The van der Waals surface area contributed by atoms with Crippen LogP contribution in [0.1, 0.15) is 53.9 Å². The third-order valence-corrected chi connectivity index (χ3v) is 2.52. The van der Waals surface area contributed by atoms with Gasteiger partial charge in [0.2, 0.25) is 5.91 Å². The van der Waals surface area contributed by atoms with E-state index < -0.39 is 0 Å². The standard InChI is InChI=1S/C12H26N2O/c1-7-8-10(15)14-12(4,5)9-11(2,3)13-6/h13H,7-9H2,1-6H3,(H,14,15). The van der Waals surface area contributed by atoms with Crippen LogP contribution >= 0.6 is 0 Å². The zero-order valence-corrected chi connectivity index (χ0v) is 11.0. The number of hydrogen-bond donors (Lipinski definition) is 2. The Hall–Kier alpha value is -0.570. The first-order valence-corrected chi connectivity index (χ1v) is 5.72. The number of amides is 1. The highest BCUT2D eigenvalue weighted by Gasteiger charge is 2.28. The van der Waals surface area contributed by atoms with Crippen molar-refractivity contribution in [2.75, 3.05) is 7.05 Å². The lowest BCUT2D eigenvalue weighted by atomic mass is 9.87. The minimum Gasteiger partial charge on any atom is -0.351 e. The van der Waals surface area contributed by atoms with Gasteiger partial charge in [0, 0.05) is 17.5 Å². The molecule has 0 fully saturated rings. The predicted molar refractivity (Wildman–Crippen MR) is 64.9 cm³/mol. The summed E-state index contributed by atoms with van der Waals surface area (Å²) >= 11 is 0. The zero-order valence-electron chi connectivity index (χ0n) is 11.0. The molecule has 2 N–H and O–H groups in total. The van der Waals surface area contributed by atoms with Gasteiger partial charge >= 0.3 is 0 Å². The number of nitrogens with one attached hydrogen (secondary N) is 2. The average Bonchev–Trinajstić information content (AvgIpc) is 2.01. The van der Waals surface area contributed by atoms with Crippen LogP contribution in [-0.2, 0) is 4.79 Å². The van der Waals surface area contributed by atoms with Gasteiger partial charge in [-0.15, -0.1) is 0 Å². The maximum Gasteiger partial charge on any atom is 0.220 e. The summed E-state index contributed by atoms with van der Waals surface area (Å²) in [5.74, 6) is 0.148. The first-order valence-electron chi connectivity index (χ1n) is 5.72. The van der Waals surface area contributed by atoms with E-state index in [4.69, 9.17) is 0 Å². The summed E-state index contributed by atoms with van der Waals surface area (Å²) < 4.78 is 0. The van der Waals surface area contributed by atoms with E-state index in [2.05, 4.69) is 38.3 Å². The number of rotatable bonds is 6. The van der Waals surface area contributed by atoms with Gasteiger partial charge in [0.1, 0.15) is 0 Å². The van der Waals surface area contributed by atoms with Gasteiger partial charge in [-0.3, -0.25) is 4.79 Å². The second-order valence-corrected chi connectivity index (χ2v) is 5.49. The molecule has 3 nitrogen and oxygen atoms in total. The molecule has 0 saturated carbocycles. The molecule has 0 atom stereocenters. The lowest BCUT2D eigenvalue weighted by Gasteiger charge is -2.35.